The average molecular weight is 365 g/mol. The lowest BCUT2D eigenvalue weighted by Crippen LogP contribution is -2.21. The number of halogens is 3. The molecular weight excluding hydrogens is 350 g/mol. The number of hydrogen-bond donors (Lipinski definition) is 0. The third-order valence-electron chi connectivity index (χ3n) is 3.46. The van der Waals surface area contributed by atoms with Crippen LogP contribution in [0.1, 0.15) is 5.82 Å². The van der Waals surface area contributed by atoms with E-state index in [1.165, 1.54) is 17.6 Å². The summed E-state index contributed by atoms with van der Waals surface area (Å²) in [4.78, 5) is 4.58. The van der Waals surface area contributed by atoms with Gasteiger partial charge in [-0.05, 0) is 6.07 Å². The van der Waals surface area contributed by atoms with E-state index >= 15 is 0 Å². The molecular formula is C14H15Cl2FN2S2. The van der Waals surface area contributed by atoms with E-state index < -0.39 is 5.82 Å². The van der Waals surface area contributed by atoms with Crippen molar-refractivity contribution in [1.29, 1.82) is 0 Å². The molecule has 0 spiro atoms. The molecule has 21 heavy (non-hydrogen) atoms. The van der Waals surface area contributed by atoms with Crippen molar-refractivity contribution in [2.24, 2.45) is 0 Å². The fraction of sp³-hybridized carbons (Fsp3) is 0.500. The normalized spacial score (nSPS) is 19.3. The molecule has 7 heteroatoms. The van der Waals surface area contributed by atoms with Crippen LogP contribution in [0.3, 0.4) is 0 Å². The third-order valence-corrected chi connectivity index (χ3v) is 6.76. The summed E-state index contributed by atoms with van der Waals surface area (Å²) in [7, 11) is 0. The maximum atomic E-state index is 13.8. The van der Waals surface area contributed by atoms with E-state index in [1.54, 1.807) is 6.07 Å². The van der Waals surface area contributed by atoms with Gasteiger partial charge in [0.15, 0.2) is 0 Å². The molecule has 0 bridgehead atoms. The van der Waals surface area contributed by atoms with E-state index in [2.05, 4.69) is 9.55 Å². The zero-order chi connectivity index (χ0) is 14.8. The van der Waals surface area contributed by atoms with Crippen LogP contribution in [0, 0.1) is 5.82 Å². The molecule has 2 aromatic rings. The van der Waals surface area contributed by atoms with Crippen LogP contribution in [-0.4, -0.2) is 37.9 Å². The number of aromatic nitrogens is 2. The maximum Gasteiger partial charge on any atom is 0.144 e. The highest BCUT2D eigenvalue weighted by Crippen LogP contribution is 2.29. The lowest BCUT2D eigenvalue weighted by atomic mass is 10.3. The zero-order valence-corrected chi connectivity index (χ0v) is 14.5. The van der Waals surface area contributed by atoms with Gasteiger partial charge in [-0.3, -0.25) is 0 Å². The predicted octanol–water partition coefficient (Wildman–Crippen LogP) is 4.46. The summed E-state index contributed by atoms with van der Waals surface area (Å²) in [6.07, 6.45) is 0.681. The van der Waals surface area contributed by atoms with Gasteiger partial charge in [0.2, 0.25) is 0 Å². The van der Waals surface area contributed by atoms with Crippen LogP contribution < -0.4 is 0 Å². The summed E-state index contributed by atoms with van der Waals surface area (Å²) in [5.74, 6) is 4.54. The van der Waals surface area contributed by atoms with E-state index in [1.807, 2.05) is 23.5 Å². The van der Waals surface area contributed by atoms with Crippen molar-refractivity contribution < 1.29 is 4.39 Å². The van der Waals surface area contributed by atoms with Gasteiger partial charge in [-0.15, -0.1) is 11.6 Å². The number of fused-ring (bicyclic) bond motifs is 1. The molecule has 1 aromatic carbocycles. The molecule has 1 fully saturated rings. The summed E-state index contributed by atoms with van der Waals surface area (Å²) in [6.45, 7) is 0.849. The Hall–Kier alpha value is -0.100. The summed E-state index contributed by atoms with van der Waals surface area (Å²) in [5.41, 5.74) is 1.56. The first-order chi connectivity index (χ1) is 10.2. The van der Waals surface area contributed by atoms with Crippen LogP contribution in [-0.2, 0) is 13.0 Å². The van der Waals surface area contributed by atoms with Gasteiger partial charge in [0.25, 0.3) is 0 Å². The van der Waals surface area contributed by atoms with Crippen LogP contribution in [0.5, 0.6) is 0 Å². The number of imidazole rings is 1. The number of aryl methyl sites for hydroxylation is 1. The van der Waals surface area contributed by atoms with Gasteiger partial charge in [0.1, 0.15) is 11.6 Å². The lowest BCUT2D eigenvalue weighted by molar-refractivity contribution is 0.626. The van der Waals surface area contributed by atoms with Crippen LogP contribution >= 0.6 is 46.7 Å². The summed E-state index contributed by atoms with van der Waals surface area (Å²) in [5, 5.41) is 0.654. The minimum absolute atomic E-state index is 0.118. The molecule has 3 rings (SSSR count). The van der Waals surface area contributed by atoms with Gasteiger partial charge >= 0.3 is 0 Å². The Labute approximate surface area is 141 Å². The molecule has 1 unspecified atom stereocenters. The molecule has 0 amide bonds. The van der Waals surface area contributed by atoms with Crippen molar-refractivity contribution >= 4 is 57.8 Å². The van der Waals surface area contributed by atoms with Gasteiger partial charge in [-0.2, -0.15) is 23.5 Å². The number of benzene rings is 1. The topological polar surface area (TPSA) is 17.8 Å². The van der Waals surface area contributed by atoms with E-state index in [0.29, 0.717) is 17.6 Å². The molecule has 0 radical (unpaired) electrons. The predicted molar refractivity (Wildman–Crippen MR) is 92.7 cm³/mol. The van der Waals surface area contributed by atoms with Gasteiger partial charge < -0.3 is 4.57 Å². The number of alkyl halides is 1. The van der Waals surface area contributed by atoms with E-state index in [4.69, 9.17) is 23.2 Å². The molecule has 0 saturated carbocycles. The van der Waals surface area contributed by atoms with E-state index in [-0.39, 0.29) is 5.02 Å². The Balaban J connectivity index is 2.00. The molecule has 2 heterocycles. The van der Waals surface area contributed by atoms with Gasteiger partial charge in [-0.1, -0.05) is 11.6 Å². The summed E-state index contributed by atoms with van der Waals surface area (Å²) in [6, 6.07) is 3.09. The summed E-state index contributed by atoms with van der Waals surface area (Å²) < 4.78 is 15.9. The molecule has 1 aliphatic rings. The van der Waals surface area contributed by atoms with Crippen LogP contribution in [0.2, 0.25) is 5.02 Å². The fourth-order valence-electron chi connectivity index (χ4n) is 2.49. The molecule has 2 nitrogen and oxygen atoms in total. The average Bonchev–Trinajstić information content (AvgIpc) is 2.79. The molecule has 1 aliphatic heterocycles. The van der Waals surface area contributed by atoms with Crippen LogP contribution in [0.25, 0.3) is 11.0 Å². The first-order valence-electron chi connectivity index (χ1n) is 6.78. The number of thioether (sulfide) groups is 2. The maximum absolute atomic E-state index is 13.8. The quantitative estimate of drug-likeness (QED) is 0.745. The van der Waals surface area contributed by atoms with Gasteiger partial charge in [0.05, 0.1) is 16.1 Å². The Bertz CT molecular complexity index is 641. The van der Waals surface area contributed by atoms with Crippen molar-refractivity contribution in [2.75, 3.05) is 23.1 Å². The Morgan fingerprint density at radius 1 is 1.38 bits per heavy atom. The molecule has 114 valence electrons. The highest BCUT2D eigenvalue weighted by Gasteiger charge is 2.19. The van der Waals surface area contributed by atoms with Crippen molar-refractivity contribution in [3.8, 4) is 0 Å². The summed E-state index contributed by atoms with van der Waals surface area (Å²) >= 11 is 15.7. The SMILES string of the molecule is Fc1cc2c(cc1Cl)nc(CCCl)n2CC1CSCCS1. The second-order valence-corrected chi connectivity index (χ2v) is 8.24. The van der Waals surface area contributed by atoms with Crippen molar-refractivity contribution in [2.45, 2.75) is 18.2 Å². The second kappa shape index (κ2) is 6.99. The molecule has 1 saturated heterocycles. The fourth-order valence-corrected chi connectivity index (χ4v) is 5.47. The highest BCUT2D eigenvalue weighted by molar-refractivity contribution is 8.06. The molecule has 1 aromatic heterocycles. The second-order valence-electron chi connectivity index (χ2n) is 4.90. The minimum Gasteiger partial charge on any atom is -0.327 e. The highest BCUT2D eigenvalue weighted by atomic mass is 35.5. The van der Waals surface area contributed by atoms with E-state index in [9.17, 15) is 4.39 Å². The smallest absolute Gasteiger partial charge is 0.144 e. The Morgan fingerprint density at radius 2 is 2.24 bits per heavy atom. The standard InChI is InChI=1S/C14H15Cl2FN2S2/c15-2-1-14-18-12-5-10(16)11(17)6-13(12)19(14)7-9-8-20-3-4-21-9/h5-6,9H,1-4,7-8H2. The van der Waals surface area contributed by atoms with E-state index in [0.717, 1.165) is 29.2 Å². The number of rotatable bonds is 4. The largest absolute Gasteiger partial charge is 0.327 e. The first-order valence-corrected chi connectivity index (χ1v) is 9.90. The third kappa shape index (κ3) is 3.46. The minimum atomic E-state index is -0.395. The number of hydrogen-bond acceptors (Lipinski definition) is 3. The number of nitrogens with zero attached hydrogens (tertiary/aromatic N) is 2. The zero-order valence-electron chi connectivity index (χ0n) is 11.3. The van der Waals surface area contributed by atoms with Crippen molar-refractivity contribution in [3.05, 3.63) is 28.8 Å². The van der Waals surface area contributed by atoms with Crippen molar-refractivity contribution in [3.63, 3.8) is 0 Å². The van der Waals surface area contributed by atoms with Gasteiger partial charge in [-0.25, -0.2) is 9.37 Å². The Kier molecular flexibility index (Phi) is 5.25. The monoisotopic (exact) mass is 364 g/mol. The molecule has 1 atom stereocenters. The van der Waals surface area contributed by atoms with Gasteiger partial charge in [0, 0.05) is 47.4 Å². The Morgan fingerprint density at radius 3 is 2.95 bits per heavy atom. The lowest BCUT2D eigenvalue weighted by Gasteiger charge is -2.22. The van der Waals surface area contributed by atoms with Crippen molar-refractivity contribution in [1.82, 2.24) is 9.55 Å². The van der Waals surface area contributed by atoms with Crippen LogP contribution in [0.15, 0.2) is 12.1 Å². The molecule has 0 N–H and O–H groups in total. The molecule has 0 aliphatic carbocycles. The van der Waals surface area contributed by atoms with Crippen LogP contribution in [0.4, 0.5) is 4.39 Å². The first kappa shape index (κ1) is 15.8.